The van der Waals surface area contributed by atoms with Crippen molar-refractivity contribution in [3.05, 3.63) is 29.8 Å². The van der Waals surface area contributed by atoms with E-state index in [1.165, 1.54) is 31.5 Å². The van der Waals surface area contributed by atoms with Gasteiger partial charge in [-0.25, -0.2) is 0 Å². The van der Waals surface area contributed by atoms with Gasteiger partial charge in [0.1, 0.15) is 5.75 Å². The van der Waals surface area contributed by atoms with Crippen LogP contribution in [-0.2, 0) is 5.54 Å². The van der Waals surface area contributed by atoms with Crippen molar-refractivity contribution in [1.29, 1.82) is 0 Å². The lowest BCUT2D eigenvalue weighted by atomic mass is 9.81. The maximum atomic E-state index is 6.77. The number of nitrogens with two attached hydrogens (primary N) is 1. The molecule has 1 aliphatic heterocycles. The Kier molecular flexibility index (Phi) is 4.48. The van der Waals surface area contributed by atoms with Crippen LogP contribution in [0.4, 0.5) is 0 Å². The Balaban J connectivity index is 2.29. The summed E-state index contributed by atoms with van der Waals surface area (Å²) in [6, 6.07) is 8.56. The second-order valence-corrected chi connectivity index (χ2v) is 5.54. The van der Waals surface area contributed by atoms with Gasteiger partial charge in [-0.3, -0.25) is 4.90 Å². The summed E-state index contributed by atoms with van der Waals surface area (Å²) in [5, 5.41) is 0. The summed E-state index contributed by atoms with van der Waals surface area (Å²) < 4.78 is 5.33. The molecule has 1 aromatic rings. The molecule has 19 heavy (non-hydrogen) atoms. The van der Waals surface area contributed by atoms with Crippen LogP contribution in [0.1, 0.15) is 38.7 Å². The average Bonchev–Trinajstić information content (AvgIpc) is 2.99. The standard InChI is InChI=1S/C16H26N2O/c1-4-16(17,13(2)18-10-5-6-11-18)14-8-7-9-15(12-14)19-3/h7-9,12-13H,4-6,10-11,17H2,1-3H3. The minimum Gasteiger partial charge on any atom is -0.497 e. The molecule has 0 aromatic heterocycles. The van der Waals surface area contributed by atoms with Crippen LogP contribution in [0, 0.1) is 0 Å². The van der Waals surface area contributed by atoms with Crippen LogP contribution in [0.5, 0.6) is 5.75 Å². The van der Waals surface area contributed by atoms with Crippen LogP contribution < -0.4 is 10.5 Å². The number of methoxy groups -OCH3 is 1. The number of ether oxygens (including phenoxy) is 1. The Morgan fingerprint density at radius 3 is 2.63 bits per heavy atom. The first-order valence-corrected chi connectivity index (χ1v) is 7.29. The summed E-state index contributed by atoms with van der Waals surface area (Å²) in [4.78, 5) is 2.52. The van der Waals surface area contributed by atoms with Gasteiger partial charge in [0.15, 0.2) is 0 Å². The van der Waals surface area contributed by atoms with Crippen LogP contribution in [0.25, 0.3) is 0 Å². The van der Waals surface area contributed by atoms with E-state index in [1.54, 1.807) is 7.11 Å². The van der Waals surface area contributed by atoms with Crippen molar-refractivity contribution >= 4 is 0 Å². The summed E-state index contributed by atoms with van der Waals surface area (Å²) in [6.07, 6.45) is 3.52. The fourth-order valence-electron chi connectivity index (χ4n) is 3.11. The Labute approximate surface area is 116 Å². The third kappa shape index (κ3) is 2.77. The fraction of sp³-hybridized carbons (Fsp3) is 0.625. The van der Waals surface area contributed by atoms with Gasteiger partial charge in [-0.1, -0.05) is 19.1 Å². The van der Waals surface area contributed by atoms with Gasteiger partial charge in [0.2, 0.25) is 0 Å². The zero-order valence-corrected chi connectivity index (χ0v) is 12.4. The van der Waals surface area contributed by atoms with Crippen molar-refractivity contribution in [2.24, 2.45) is 5.73 Å². The molecular weight excluding hydrogens is 236 g/mol. The number of nitrogens with zero attached hydrogens (tertiary/aromatic N) is 1. The smallest absolute Gasteiger partial charge is 0.119 e. The quantitative estimate of drug-likeness (QED) is 0.886. The fourth-order valence-corrected chi connectivity index (χ4v) is 3.11. The molecule has 2 N–H and O–H groups in total. The van der Waals surface area contributed by atoms with Crippen LogP contribution in [-0.4, -0.2) is 31.1 Å². The number of hydrogen-bond acceptors (Lipinski definition) is 3. The molecule has 0 radical (unpaired) electrons. The molecule has 1 aromatic carbocycles. The van der Waals surface area contributed by atoms with E-state index in [0.717, 1.165) is 12.2 Å². The maximum absolute atomic E-state index is 6.77. The van der Waals surface area contributed by atoms with Crippen molar-refractivity contribution in [2.75, 3.05) is 20.2 Å². The Hall–Kier alpha value is -1.06. The van der Waals surface area contributed by atoms with Crippen molar-refractivity contribution in [2.45, 2.75) is 44.7 Å². The molecule has 0 spiro atoms. The summed E-state index contributed by atoms with van der Waals surface area (Å²) in [6.45, 7) is 6.77. The first-order chi connectivity index (χ1) is 9.11. The molecule has 106 valence electrons. The largest absolute Gasteiger partial charge is 0.497 e. The lowest BCUT2D eigenvalue weighted by molar-refractivity contribution is 0.155. The molecule has 1 fully saturated rings. The number of benzene rings is 1. The molecule has 1 aliphatic rings. The predicted octanol–water partition coefficient (Wildman–Crippen LogP) is 2.74. The van der Waals surface area contributed by atoms with Crippen LogP contribution in [0.2, 0.25) is 0 Å². The van der Waals surface area contributed by atoms with Crippen molar-refractivity contribution < 1.29 is 4.74 Å². The Morgan fingerprint density at radius 1 is 1.37 bits per heavy atom. The van der Waals surface area contributed by atoms with E-state index in [1.807, 2.05) is 12.1 Å². The molecule has 1 heterocycles. The maximum Gasteiger partial charge on any atom is 0.119 e. The highest BCUT2D eigenvalue weighted by molar-refractivity contribution is 5.34. The van der Waals surface area contributed by atoms with E-state index in [4.69, 9.17) is 10.5 Å². The summed E-state index contributed by atoms with van der Waals surface area (Å²) >= 11 is 0. The van der Waals surface area contributed by atoms with E-state index in [9.17, 15) is 0 Å². The van der Waals surface area contributed by atoms with Crippen LogP contribution in [0.15, 0.2) is 24.3 Å². The van der Waals surface area contributed by atoms with Gasteiger partial charge < -0.3 is 10.5 Å². The average molecular weight is 262 g/mol. The van der Waals surface area contributed by atoms with Crippen LogP contribution in [0.3, 0.4) is 0 Å². The molecular formula is C16H26N2O. The highest BCUT2D eigenvalue weighted by Gasteiger charge is 2.36. The number of hydrogen-bond donors (Lipinski definition) is 1. The summed E-state index contributed by atoms with van der Waals surface area (Å²) in [5.41, 5.74) is 7.64. The topological polar surface area (TPSA) is 38.5 Å². The Bertz CT molecular complexity index is 415. The second kappa shape index (κ2) is 5.93. The SMILES string of the molecule is CCC(N)(c1cccc(OC)c1)C(C)N1CCCC1. The Morgan fingerprint density at radius 2 is 2.05 bits per heavy atom. The molecule has 0 bridgehead atoms. The first-order valence-electron chi connectivity index (χ1n) is 7.29. The molecule has 0 saturated carbocycles. The molecule has 3 nitrogen and oxygen atoms in total. The zero-order valence-electron chi connectivity index (χ0n) is 12.4. The van der Waals surface area contributed by atoms with Gasteiger partial charge in [-0.05, 0) is 57.0 Å². The molecule has 2 atom stereocenters. The molecule has 3 heteroatoms. The van der Waals surface area contributed by atoms with Gasteiger partial charge in [0, 0.05) is 6.04 Å². The molecule has 1 saturated heterocycles. The van der Waals surface area contributed by atoms with Gasteiger partial charge in [0.25, 0.3) is 0 Å². The van der Waals surface area contributed by atoms with Crippen molar-refractivity contribution in [3.63, 3.8) is 0 Å². The van der Waals surface area contributed by atoms with Gasteiger partial charge >= 0.3 is 0 Å². The normalized spacial score (nSPS) is 21.1. The van der Waals surface area contributed by atoms with Crippen molar-refractivity contribution in [3.8, 4) is 5.75 Å². The predicted molar refractivity (Wildman–Crippen MR) is 79.4 cm³/mol. The lowest BCUT2D eigenvalue weighted by Gasteiger charge is -2.40. The van der Waals surface area contributed by atoms with E-state index in [0.29, 0.717) is 6.04 Å². The molecule has 0 aliphatic carbocycles. The highest BCUT2D eigenvalue weighted by atomic mass is 16.5. The second-order valence-electron chi connectivity index (χ2n) is 5.54. The van der Waals surface area contributed by atoms with E-state index >= 15 is 0 Å². The third-order valence-electron chi connectivity index (χ3n) is 4.63. The molecule has 2 unspecified atom stereocenters. The molecule has 2 rings (SSSR count). The monoisotopic (exact) mass is 262 g/mol. The van der Waals surface area contributed by atoms with Crippen molar-refractivity contribution in [1.82, 2.24) is 4.90 Å². The number of rotatable bonds is 5. The minimum absolute atomic E-state index is 0.307. The minimum atomic E-state index is -0.307. The summed E-state index contributed by atoms with van der Waals surface area (Å²) in [7, 11) is 1.70. The van der Waals surface area contributed by atoms with Gasteiger partial charge in [0.05, 0.1) is 12.6 Å². The zero-order chi connectivity index (χ0) is 13.9. The van der Waals surface area contributed by atoms with E-state index < -0.39 is 0 Å². The first kappa shape index (κ1) is 14.4. The number of likely N-dealkylation sites (tertiary alicyclic amines) is 1. The van der Waals surface area contributed by atoms with Crippen LogP contribution >= 0.6 is 0 Å². The third-order valence-corrected chi connectivity index (χ3v) is 4.63. The molecule has 0 amide bonds. The highest BCUT2D eigenvalue weighted by Crippen LogP contribution is 2.32. The van der Waals surface area contributed by atoms with E-state index in [-0.39, 0.29) is 5.54 Å². The van der Waals surface area contributed by atoms with Gasteiger partial charge in [-0.15, -0.1) is 0 Å². The van der Waals surface area contributed by atoms with Gasteiger partial charge in [-0.2, -0.15) is 0 Å². The summed E-state index contributed by atoms with van der Waals surface area (Å²) in [5.74, 6) is 0.884. The van der Waals surface area contributed by atoms with E-state index in [2.05, 4.69) is 30.9 Å². The lowest BCUT2D eigenvalue weighted by Crippen LogP contribution is -2.53.